The fourth-order valence-electron chi connectivity index (χ4n) is 2.67. The Balaban J connectivity index is 2.51. The Labute approximate surface area is 99.1 Å². The van der Waals surface area contributed by atoms with Crippen molar-refractivity contribution < 1.29 is 9.53 Å². The topological polar surface area (TPSA) is 26.3 Å². The molecule has 0 amide bonds. The number of rotatable bonds is 6. The molecule has 0 saturated heterocycles. The van der Waals surface area contributed by atoms with Crippen LogP contribution in [-0.2, 0) is 9.53 Å². The molecule has 0 aliphatic heterocycles. The van der Waals surface area contributed by atoms with Gasteiger partial charge in [-0.25, -0.2) is 0 Å². The molecule has 16 heavy (non-hydrogen) atoms. The Morgan fingerprint density at radius 1 is 1.44 bits per heavy atom. The van der Waals surface area contributed by atoms with E-state index in [9.17, 15) is 4.79 Å². The summed E-state index contributed by atoms with van der Waals surface area (Å²) in [6.07, 6.45) is 8.59. The molecule has 0 aromatic heterocycles. The van der Waals surface area contributed by atoms with Crippen LogP contribution in [0.5, 0.6) is 0 Å². The van der Waals surface area contributed by atoms with Crippen LogP contribution in [0.25, 0.3) is 0 Å². The highest BCUT2D eigenvalue weighted by Gasteiger charge is 2.42. The van der Waals surface area contributed by atoms with E-state index in [1.54, 1.807) is 0 Å². The van der Waals surface area contributed by atoms with E-state index in [0.717, 1.165) is 32.1 Å². The van der Waals surface area contributed by atoms with Gasteiger partial charge in [0, 0.05) is 0 Å². The summed E-state index contributed by atoms with van der Waals surface area (Å²) in [5.74, 6) is -0.0253. The van der Waals surface area contributed by atoms with Crippen LogP contribution in [0.1, 0.15) is 58.3 Å². The normalized spacial score (nSPS) is 24.8. The largest absolute Gasteiger partial charge is 0.469 e. The third-order valence-electron chi connectivity index (χ3n) is 3.67. The van der Waals surface area contributed by atoms with Crippen molar-refractivity contribution in [2.24, 2.45) is 5.41 Å². The lowest BCUT2D eigenvalue weighted by molar-refractivity contribution is -0.152. The number of carbonyl (C=O) groups excluding carboxylic acids is 1. The summed E-state index contributed by atoms with van der Waals surface area (Å²) in [6, 6.07) is 0. The van der Waals surface area contributed by atoms with Gasteiger partial charge in [-0.2, -0.15) is 0 Å². The van der Waals surface area contributed by atoms with Gasteiger partial charge in [-0.05, 0) is 25.7 Å². The summed E-state index contributed by atoms with van der Waals surface area (Å²) < 4.78 is 4.96. The van der Waals surface area contributed by atoms with Gasteiger partial charge < -0.3 is 4.74 Å². The zero-order valence-electron chi connectivity index (χ0n) is 10.7. The van der Waals surface area contributed by atoms with Gasteiger partial charge >= 0.3 is 5.97 Å². The third-order valence-corrected chi connectivity index (χ3v) is 3.67. The highest BCUT2D eigenvalue weighted by molar-refractivity contribution is 5.77. The Kier molecular flexibility index (Phi) is 5.04. The van der Waals surface area contributed by atoms with E-state index in [2.05, 4.69) is 13.5 Å². The molecule has 1 unspecified atom stereocenters. The lowest BCUT2D eigenvalue weighted by Crippen LogP contribution is -2.29. The van der Waals surface area contributed by atoms with Crippen molar-refractivity contribution in [1.29, 1.82) is 0 Å². The maximum atomic E-state index is 11.9. The molecule has 0 spiro atoms. The molecule has 0 radical (unpaired) electrons. The molecule has 1 saturated carbocycles. The maximum absolute atomic E-state index is 11.9. The van der Waals surface area contributed by atoms with E-state index in [-0.39, 0.29) is 11.4 Å². The zero-order valence-corrected chi connectivity index (χ0v) is 10.7. The van der Waals surface area contributed by atoms with Crippen LogP contribution in [0.4, 0.5) is 0 Å². The van der Waals surface area contributed by atoms with Crippen LogP contribution < -0.4 is 0 Å². The standard InChI is InChI=1S/C14H24O2/c1-4-5-6-7-9-14(13(15)16-3)10-8-12(2)11-14/h2,4-11H2,1,3H3. The minimum atomic E-state index is -0.237. The summed E-state index contributed by atoms with van der Waals surface area (Å²) >= 11 is 0. The third kappa shape index (κ3) is 3.10. The molecule has 0 heterocycles. The van der Waals surface area contributed by atoms with Crippen LogP contribution in [-0.4, -0.2) is 13.1 Å². The summed E-state index contributed by atoms with van der Waals surface area (Å²) in [5, 5.41) is 0. The molecule has 92 valence electrons. The molecule has 1 atom stereocenters. The number of methoxy groups -OCH3 is 1. The fraction of sp³-hybridized carbons (Fsp3) is 0.786. The summed E-state index contributed by atoms with van der Waals surface area (Å²) in [4.78, 5) is 11.9. The summed E-state index contributed by atoms with van der Waals surface area (Å²) in [6.45, 7) is 6.20. The van der Waals surface area contributed by atoms with Crippen LogP contribution in [0.3, 0.4) is 0 Å². The molecule has 2 heteroatoms. The molecule has 1 aliphatic rings. The first-order chi connectivity index (χ1) is 7.64. The molecule has 1 rings (SSSR count). The molecule has 1 aliphatic carbocycles. The number of esters is 1. The first-order valence-corrected chi connectivity index (χ1v) is 6.39. The molecule has 0 aromatic rings. The molecule has 0 N–H and O–H groups in total. The lowest BCUT2D eigenvalue weighted by atomic mass is 9.80. The van der Waals surface area contributed by atoms with Crippen molar-refractivity contribution in [1.82, 2.24) is 0 Å². The minimum absolute atomic E-state index is 0.0253. The molecule has 2 nitrogen and oxygen atoms in total. The first-order valence-electron chi connectivity index (χ1n) is 6.39. The highest BCUT2D eigenvalue weighted by Crippen LogP contribution is 2.45. The SMILES string of the molecule is C=C1CCC(CCCCCC)(C(=O)OC)C1. The van der Waals surface area contributed by atoms with Gasteiger partial charge in [-0.1, -0.05) is 44.8 Å². The van der Waals surface area contributed by atoms with Crippen molar-refractivity contribution >= 4 is 5.97 Å². The Morgan fingerprint density at radius 3 is 2.69 bits per heavy atom. The second-order valence-corrected chi connectivity index (χ2v) is 5.01. The van der Waals surface area contributed by atoms with Crippen molar-refractivity contribution in [3.8, 4) is 0 Å². The monoisotopic (exact) mass is 224 g/mol. The van der Waals surface area contributed by atoms with E-state index in [1.165, 1.54) is 31.9 Å². The zero-order chi connectivity index (χ0) is 12.0. The number of allylic oxidation sites excluding steroid dienone is 1. The number of hydrogen-bond acceptors (Lipinski definition) is 2. The highest BCUT2D eigenvalue weighted by atomic mass is 16.5. The Morgan fingerprint density at radius 2 is 2.19 bits per heavy atom. The van der Waals surface area contributed by atoms with Gasteiger partial charge in [-0.15, -0.1) is 0 Å². The van der Waals surface area contributed by atoms with Gasteiger partial charge in [0.25, 0.3) is 0 Å². The van der Waals surface area contributed by atoms with Crippen LogP contribution in [0, 0.1) is 5.41 Å². The number of carbonyl (C=O) groups is 1. The van der Waals surface area contributed by atoms with E-state index in [1.807, 2.05) is 0 Å². The van der Waals surface area contributed by atoms with Gasteiger partial charge in [-0.3, -0.25) is 4.79 Å². The summed E-state index contributed by atoms with van der Waals surface area (Å²) in [5.41, 5.74) is 0.973. The van der Waals surface area contributed by atoms with Gasteiger partial charge in [0.1, 0.15) is 0 Å². The van der Waals surface area contributed by atoms with Gasteiger partial charge in [0.15, 0.2) is 0 Å². The first kappa shape index (κ1) is 13.3. The lowest BCUT2D eigenvalue weighted by Gasteiger charge is -2.25. The molecular weight excluding hydrogens is 200 g/mol. The number of unbranched alkanes of at least 4 members (excludes halogenated alkanes) is 3. The average Bonchev–Trinajstić information content (AvgIpc) is 2.67. The van der Waals surface area contributed by atoms with E-state index in [0.29, 0.717) is 0 Å². The van der Waals surface area contributed by atoms with E-state index >= 15 is 0 Å². The predicted octanol–water partition coefficient (Wildman–Crippen LogP) is 3.86. The van der Waals surface area contributed by atoms with Gasteiger partial charge in [0.05, 0.1) is 12.5 Å². The molecular formula is C14H24O2. The smallest absolute Gasteiger partial charge is 0.312 e. The van der Waals surface area contributed by atoms with Crippen LogP contribution in [0.2, 0.25) is 0 Å². The second-order valence-electron chi connectivity index (χ2n) is 5.01. The number of ether oxygens (including phenoxy) is 1. The van der Waals surface area contributed by atoms with Crippen molar-refractivity contribution in [2.75, 3.05) is 7.11 Å². The second kappa shape index (κ2) is 6.07. The number of hydrogen-bond donors (Lipinski definition) is 0. The van der Waals surface area contributed by atoms with E-state index < -0.39 is 0 Å². The summed E-state index contributed by atoms with van der Waals surface area (Å²) in [7, 11) is 1.50. The quantitative estimate of drug-likeness (QED) is 0.389. The van der Waals surface area contributed by atoms with Crippen molar-refractivity contribution in [3.63, 3.8) is 0 Å². The average molecular weight is 224 g/mol. The minimum Gasteiger partial charge on any atom is -0.469 e. The molecule has 0 aromatic carbocycles. The van der Waals surface area contributed by atoms with Crippen LogP contribution in [0.15, 0.2) is 12.2 Å². The fourth-order valence-corrected chi connectivity index (χ4v) is 2.67. The van der Waals surface area contributed by atoms with Crippen molar-refractivity contribution in [2.45, 2.75) is 58.3 Å². The van der Waals surface area contributed by atoms with E-state index in [4.69, 9.17) is 4.74 Å². The van der Waals surface area contributed by atoms with Crippen LogP contribution >= 0.6 is 0 Å². The van der Waals surface area contributed by atoms with Crippen molar-refractivity contribution in [3.05, 3.63) is 12.2 Å². The predicted molar refractivity (Wildman–Crippen MR) is 66.2 cm³/mol. The van der Waals surface area contributed by atoms with Gasteiger partial charge in [0.2, 0.25) is 0 Å². The molecule has 0 bridgehead atoms. The molecule has 1 fully saturated rings. The Hall–Kier alpha value is -0.790. The maximum Gasteiger partial charge on any atom is 0.312 e. The Bertz CT molecular complexity index is 257.